The van der Waals surface area contributed by atoms with E-state index >= 15 is 0 Å². The summed E-state index contributed by atoms with van der Waals surface area (Å²) >= 11 is 0. The normalized spacial score (nSPS) is 28.1. The summed E-state index contributed by atoms with van der Waals surface area (Å²) in [6.45, 7) is 2.06. The smallest absolute Gasteiger partial charge is 0.308 e. The van der Waals surface area contributed by atoms with Gasteiger partial charge in [-0.3, -0.25) is 4.79 Å². The molecular formula is C5H9O2P. The fourth-order valence-electron chi connectivity index (χ4n) is 0.674. The molecule has 1 rings (SSSR count). The average Bonchev–Trinajstić information content (AvgIpc) is 2.14. The molecule has 0 aromatic heterocycles. The number of rotatable bonds is 1. The van der Waals surface area contributed by atoms with E-state index in [1.807, 2.05) is 0 Å². The monoisotopic (exact) mass is 132 g/mol. The first-order chi connectivity index (χ1) is 3.83. The van der Waals surface area contributed by atoms with Gasteiger partial charge in [0.1, 0.15) is 0 Å². The number of carbonyl (C=O) groups is 1. The summed E-state index contributed by atoms with van der Waals surface area (Å²) in [4.78, 5) is 10.4. The molecule has 0 saturated carbocycles. The highest BCUT2D eigenvalue weighted by Gasteiger charge is 2.21. The highest BCUT2D eigenvalue weighted by molar-refractivity contribution is 7.53. The van der Waals surface area contributed by atoms with Gasteiger partial charge in [-0.2, -0.15) is 0 Å². The summed E-state index contributed by atoms with van der Waals surface area (Å²) in [7, 11) is -0.332. The van der Waals surface area contributed by atoms with E-state index < -0.39 is 0 Å². The lowest BCUT2D eigenvalue weighted by Gasteiger charge is -2.01. The van der Waals surface area contributed by atoms with Crippen LogP contribution in [0.25, 0.3) is 0 Å². The van der Waals surface area contributed by atoms with Crippen LogP contribution in [-0.4, -0.2) is 18.3 Å². The highest BCUT2D eigenvalue weighted by atomic mass is 31.1. The van der Waals surface area contributed by atoms with E-state index in [2.05, 4.69) is 6.92 Å². The van der Waals surface area contributed by atoms with Gasteiger partial charge < -0.3 is 4.52 Å². The summed E-state index contributed by atoms with van der Waals surface area (Å²) in [6.07, 6.45) is 2.67. The van der Waals surface area contributed by atoms with E-state index in [9.17, 15) is 4.79 Å². The van der Waals surface area contributed by atoms with Crippen LogP contribution in [0, 0.1) is 0 Å². The van der Waals surface area contributed by atoms with Gasteiger partial charge in [0.15, 0.2) is 0 Å². The van der Waals surface area contributed by atoms with Crippen LogP contribution in [0.2, 0.25) is 0 Å². The van der Waals surface area contributed by atoms with Crippen molar-refractivity contribution in [2.75, 3.05) is 12.3 Å². The first-order valence-corrected chi connectivity index (χ1v) is 4.41. The topological polar surface area (TPSA) is 26.3 Å². The molecule has 1 saturated heterocycles. The Morgan fingerprint density at radius 1 is 1.88 bits per heavy atom. The van der Waals surface area contributed by atoms with Gasteiger partial charge in [0.05, 0.1) is 14.6 Å². The van der Waals surface area contributed by atoms with E-state index in [1.54, 1.807) is 0 Å². The predicted molar refractivity (Wildman–Crippen MR) is 33.0 cm³/mol. The molecule has 3 heteroatoms. The second-order valence-corrected chi connectivity index (χ2v) is 3.96. The van der Waals surface area contributed by atoms with Gasteiger partial charge in [-0.15, -0.1) is 0 Å². The molecule has 1 fully saturated rings. The maximum atomic E-state index is 10.4. The largest absolute Gasteiger partial charge is 0.445 e. The molecule has 2 nitrogen and oxygen atoms in total. The Hall–Kier alpha value is -0.100. The number of carbonyl (C=O) groups excluding carboxylic acids is 1. The molecule has 0 aromatic carbocycles. The average molecular weight is 132 g/mol. The summed E-state index contributed by atoms with van der Waals surface area (Å²) in [5.74, 6) is -0.00189. The van der Waals surface area contributed by atoms with E-state index in [1.165, 1.54) is 0 Å². The fourth-order valence-corrected chi connectivity index (χ4v) is 2.02. The zero-order chi connectivity index (χ0) is 5.98. The van der Waals surface area contributed by atoms with Gasteiger partial charge in [-0.25, -0.2) is 0 Å². The third kappa shape index (κ3) is 1.19. The molecule has 1 atom stereocenters. The Bertz CT molecular complexity index is 103. The Balaban J connectivity index is 2.32. The van der Waals surface area contributed by atoms with E-state index in [0.717, 1.165) is 12.3 Å². The van der Waals surface area contributed by atoms with Gasteiger partial charge in [0.25, 0.3) is 0 Å². The molecule has 0 spiro atoms. The summed E-state index contributed by atoms with van der Waals surface area (Å²) in [6, 6.07) is 0. The first kappa shape index (κ1) is 6.03. The molecule has 1 unspecified atom stereocenters. The van der Waals surface area contributed by atoms with Crippen molar-refractivity contribution < 1.29 is 9.32 Å². The van der Waals surface area contributed by atoms with Crippen LogP contribution in [0.3, 0.4) is 0 Å². The minimum atomic E-state index is -0.332. The van der Waals surface area contributed by atoms with Crippen LogP contribution in [0.15, 0.2) is 0 Å². The van der Waals surface area contributed by atoms with Crippen molar-refractivity contribution in [3.8, 4) is 0 Å². The number of hydrogen-bond acceptors (Lipinski definition) is 2. The van der Waals surface area contributed by atoms with Gasteiger partial charge in [0, 0.05) is 12.3 Å². The third-order valence-electron chi connectivity index (χ3n) is 1.15. The van der Waals surface area contributed by atoms with Crippen LogP contribution >= 0.6 is 8.15 Å². The van der Waals surface area contributed by atoms with Crippen molar-refractivity contribution in [2.24, 2.45) is 0 Å². The number of hydrogen-bond donors (Lipinski definition) is 0. The Morgan fingerprint density at radius 2 is 2.62 bits per heavy atom. The van der Waals surface area contributed by atoms with Gasteiger partial charge >= 0.3 is 5.97 Å². The molecule has 0 bridgehead atoms. The molecule has 1 heterocycles. The second-order valence-electron chi connectivity index (χ2n) is 1.73. The maximum absolute atomic E-state index is 10.4. The maximum Gasteiger partial charge on any atom is 0.308 e. The van der Waals surface area contributed by atoms with Crippen molar-refractivity contribution in [1.29, 1.82) is 0 Å². The molecule has 1 aliphatic rings. The Labute approximate surface area is 50.1 Å². The summed E-state index contributed by atoms with van der Waals surface area (Å²) in [5.41, 5.74) is 0. The molecule has 1 aliphatic heterocycles. The van der Waals surface area contributed by atoms with Crippen molar-refractivity contribution >= 4 is 14.1 Å². The van der Waals surface area contributed by atoms with Crippen molar-refractivity contribution in [3.63, 3.8) is 0 Å². The molecule has 0 radical (unpaired) electrons. The lowest BCUT2D eigenvalue weighted by molar-refractivity contribution is -0.131. The molecular weight excluding hydrogens is 123 g/mol. The molecule has 0 amide bonds. The van der Waals surface area contributed by atoms with Gasteiger partial charge in [-0.1, -0.05) is 6.92 Å². The van der Waals surface area contributed by atoms with Crippen LogP contribution in [0.1, 0.15) is 13.3 Å². The van der Waals surface area contributed by atoms with E-state index in [4.69, 9.17) is 4.52 Å². The van der Waals surface area contributed by atoms with Crippen molar-refractivity contribution in [2.45, 2.75) is 13.3 Å². The Kier molecular flexibility index (Phi) is 1.85. The molecule has 8 heavy (non-hydrogen) atoms. The summed E-state index contributed by atoms with van der Waals surface area (Å²) in [5, 5.41) is 0. The standard InChI is InChI=1S/C5H9O2P/c1-2-8-4-3-5(6)7-8/h2-4H2,1H3. The Morgan fingerprint density at radius 3 is 2.88 bits per heavy atom. The molecule has 0 aromatic rings. The highest BCUT2D eigenvalue weighted by Crippen LogP contribution is 2.42. The minimum absolute atomic E-state index is 0.00189. The quantitative estimate of drug-likeness (QED) is 0.503. The minimum Gasteiger partial charge on any atom is -0.445 e. The van der Waals surface area contributed by atoms with Crippen molar-refractivity contribution in [1.82, 2.24) is 0 Å². The zero-order valence-corrected chi connectivity index (χ0v) is 5.78. The zero-order valence-electron chi connectivity index (χ0n) is 4.89. The fraction of sp³-hybridized carbons (Fsp3) is 0.800. The van der Waals surface area contributed by atoms with E-state index in [-0.39, 0.29) is 14.1 Å². The van der Waals surface area contributed by atoms with Crippen molar-refractivity contribution in [3.05, 3.63) is 0 Å². The van der Waals surface area contributed by atoms with Gasteiger partial charge in [-0.05, 0) is 0 Å². The first-order valence-electron chi connectivity index (χ1n) is 2.78. The lowest BCUT2D eigenvalue weighted by Crippen LogP contribution is -1.87. The van der Waals surface area contributed by atoms with Crippen LogP contribution in [-0.2, 0) is 9.32 Å². The summed E-state index contributed by atoms with van der Waals surface area (Å²) < 4.78 is 4.94. The molecule has 0 N–H and O–H groups in total. The lowest BCUT2D eigenvalue weighted by atomic mass is 10.5. The van der Waals surface area contributed by atoms with Gasteiger partial charge in [0.2, 0.25) is 0 Å². The molecule has 0 aliphatic carbocycles. The SMILES string of the molecule is CCP1CCC(=O)O1. The van der Waals surface area contributed by atoms with Crippen LogP contribution < -0.4 is 0 Å². The second kappa shape index (κ2) is 2.45. The predicted octanol–water partition coefficient (Wildman–Crippen LogP) is 1.35. The molecule has 46 valence electrons. The van der Waals surface area contributed by atoms with E-state index in [0.29, 0.717) is 6.42 Å². The third-order valence-corrected chi connectivity index (χ3v) is 3.04. The van der Waals surface area contributed by atoms with Crippen LogP contribution in [0.5, 0.6) is 0 Å². The van der Waals surface area contributed by atoms with Crippen LogP contribution in [0.4, 0.5) is 0 Å².